The highest BCUT2D eigenvalue weighted by atomic mass is 127. The first-order chi connectivity index (χ1) is 9.05. The second-order valence-corrected chi connectivity index (χ2v) is 5.86. The molecule has 1 N–H and O–H groups in total. The molecule has 0 unspecified atom stereocenters. The number of rotatable bonds is 2. The highest BCUT2D eigenvalue weighted by Crippen LogP contribution is 2.47. The first-order valence-electron chi connectivity index (χ1n) is 5.93. The number of fused-ring (bicyclic) bond motifs is 1. The van der Waals surface area contributed by atoms with Crippen LogP contribution >= 0.6 is 22.6 Å². The van der Waals surface area contributed by atoms with Crippen molar-refractivity contribution in [3.63, 3.8) is 0 Å². The number of hydrogen-bond acceptors (Lipinski definition) is 3. The minimum atomic E-state index is -0.320. The van der Waals surface area contributed by atoms with Gasteiger partial charge in [0.1, 0.15) is 0 Å². The molecule has 6 heteroatoms. The fourth-order valence-corrected chi connectivity index (χ4v) is 2.81. The molecule has 3 rings (SSSR count). The van der Waals surface area contributed by atoms with Crippen LogP contribution in [0.2, 0.25) is 0 Å². The minimum Gasteiger partial charge on any atom is -0.309 e. The third-order valence-corrected chi connectivity index (χ3v) is 4.44. The minimum absolute atomic E-state index is 0.141. The summed E-state index contributed by atoms with van der Waals surface area (Å²) >= 11 is 2.16. The van der Waals surface area contributed by atoms with Gasteiger partial charge in [0.25, 0.3) is 0 Å². The normalized spacial score (nSPS) is 16.1. The maximum Gasteiger partial charge on any atom is 0.222 e. The molecule has 1 amide bonds. The number of pyridine rings is 1. The molecular formula is C13H11IN4O. The van der Waals surface area contributed by atoms with Crippen LogP contribution in [0, 0.1) is 14.9 Å². The van der Waals surface area contributed by atoms with Crippen molar-refractivity contribution >= 4 is 39.8 Å². The van der Waals surface area contributed by atoms with Gasteiger partial charge in [0, 0.05) is 13.1 Å². The Morgan fingerprint density at radius 2 is 2.32 bits per heavy atom. The van der Waals surface area contributed by atoms with Gasteiger partial charge in [-0.15, -0.1) is 5.10 Å². The van der Waals surface area contributed by atoms with Crippen molar-refractivity contribution in [3.05, 3.63) is 27.5 Å². The summed E-state index contributed by atoms with van der Waals surface area (Å²) < 4.78 is 2.64. The van der Waals surface area contributed by atoms with Crippen molar-refractivity contribution in [1.82, 2.24) is 9.61 Å². The van der Waals surface area contributed by atoms with E-state index in [9.17, 15) is 10.1 Å². The quantitative estimate of drug-likeness (QED) is 0.831. The summed E-state index contributed by atoms with van der Waals surface area (Å²) in [5.41, 5.74) is 1.61. The lowest BCUT2D eigenvalue weighted by Crippen LogP contribution is -2.07. The number of aromatic nitrogens is 2. The van der Waals surface area contributed by atoms with E-state index in [0.29, 0.717) is 5.82 Å². The van der Waals surface area contributed by atoms with Crippen LogP contribution in [0.4, 0.5) is 5.82 Å². The van der Waals surface area contributed by atoms with E-state index < -0.39 is 0 Å². The van der Waals surface area contributed by atoms with Gasteiger partial charge < -0.3 is 5.32 Å². The molecular weight excluding hydrogens is 355 g/mol. The van der Waals surface area contributed by atoms with E-state index in [-0.39, 0.29) is 11.3 Å². The van der Waals surface area contributed by atoms with Gasteiger partial charge in [0.15, 0.2) is 5.82 Å². The number of nitrogens with zero attached hydrogens (tertiary/aromatic N) is 3. The van der Waals surface area contributed by atoms with E-state index in [4.69, 9.17) is 0 Å². The van der Waals surface area contributed by atoms with Crippen LogP contribution in [0.5, 0.6) is 0 Å². The Kier molecular flexibility index (Phi) is 2.74. The monoisotopic (exact) mass is 366 g/mol. The molecule has 1 fully saturated rings. The van der Waals surface area contributed by atoms with Crippen molar-refractivity contribution in [3.8, 4) is 6.07 Å². The molecule has 1 saturated carbocycles. The zero-order valence-corrected chi connectivity index (χ0v) is 12.4. The first kappa shape index (κ1) is 12.4. The molecule has 0 spiro atoms. The topological polar surface area (TPSA) is 70.2 Å². The van der Waals surface area contributed by atoms with Gasteiger partial charge in [-0.1, -0.05) is 6.07 Å². The summed E-state index contributed by atoms with van der Waals surface area (Å²) in [6, 6.07) is 6.30. The summed E-state index contributed by atoms with van der Waals surface area (Å²) in [6.07, 6.45) is 3.71. The molecule has 5 nitrogen and oxygen atoms in total. The maximum atomic E-state index is 11.1. The lowest BCUT2D eigenvalue weighted by molar-refractivity contribution is -0.114. The van der Waals surface area contributed by atoms with Crippen LogP contribution in [-0.2, 0) is 10.2 Å². The first-order valence-corrected chi connectivity index (χ1v) is 7.01. The predicted octanol–water partition coefficient (Wildman–Crippen LogP) is 2.45. The summed E-state index contributed by atoms with van der Waals surface area (Å²) in [5.74, 6) is 0.421. The molecule has 96 valence electrons. The summed E-state index contributed by atoms with van der Waals surface area (Å²) in [7, 11) is 0. The molecule has 2 heterocycles. The van der Waals surface area contributed by atoms with Crippen molar-refractivity contribution in [2.75, 3.05) is 5.32 Å². The third kappa shape index (κ3) is 1.98. The van der Waals surface area contributed by atoms with Crippen LogP contribution in [0.3, 0.4) is 0 Å². The molecule has 1 aliphatic rings. The van der Waals surface area contributed by atoms with E-state index in [1.165, 1.54) is 6.92 Å². The Labute approximate surface area is 123 Å². The molecule has 19 heavy (non-hydrogen) atoms. The fourth-order valence-electron chi connectivity index (χ4n) is 2.14. The van der Waals surface area contributed by atoms with E-state index in [1.807, 2.05) is 18.3 Å². The van der Waals surface area contributed by atoms with E-state index in [0.717, 1.165) is 27.5 Å². The van der Waals surface area contributed by atoms with Gasteiger partial charge in [-0.05, 0) is 47.1 Å². The Balaban J connectivity index is 2.10. The molecule has 0 aromatic carbocycles. The standard InChI is InChI=1S/C13H11IN4O/c1-8(19)16-12-11(14)10-3-2-9(6-18(10)17-12)13(7-15)4-5-13/h2-3,6H,4-5H2,1H3,(H,16,17,19). The Bertz CT molecular complexity index is 724. The van der Waals surface area contributed by atoms with Crippen LogP contribution in [-0.4, -0.2) is 15.5 Å². The Hall–Kier alpha value is -1.62. The van der Waals surface area contributed by atoms with Crippen LogP contribution in [0.25, 0.3) is 5.52 Å². The molecule has 0 atom stereocenters. The highest BCUT2D eigenvalue weighted by molar-refractivity contribution is 14.1. The third-order valence-electron chi connectivity index (χ3n) is 3.38. The van der Waals surface area contributed by atoms with Crippen LogP contribution in [0.15, 0.2) is 18.3 Å². The van der Waals surface area contributed by atoms with Gasteiger partial charge in [0.2, 0.25) is 5.91 Å². The average Bonchev–Trinajstić information content (AvgIpc) is 3.12. The number of anilines is 1. The molecule has 2 aromatic heterocycles. The van der Waals surface area contributed by atoms with Gasteiger partial charge in [-0.2, -0.15) is 5.26 Å². The second-order valence-electron chi connectivity index (χ2n) is 4.79. The number of nitriles is 1. The number of nitrogens with one attached hydrogen (secondary N) is 1. The number of amides is 1. The average molecular weight is 366 g/mol. The van der Waals surface area contributed by atoms with Gasteiger partial charge >= 0.3 is 0 Å². The molecule has 1 aliphatic carbocycles. The zero-order valence-electron chi connectivity index (χ0n) is 10.3. The molecule has 0 aliphatic heterocycles. The maximum absolute atomic E-state index is 11.1. The van der Waals surface area contributed by atoms with Crippen LogP contribution < -0.4 is 5.32 Å². The summed E-state index contributed by atoms with van der Waals surface area (Å²) in [5, 5.41) is 16.3. The van der Waals surface area contributed by atoms with Crippen LogP contribution in [0.1, 0.15) is 25.3 Å². The molecule has 2 aromatic rings. The number of carbonyl (C=O) groups is 1. The summed E-state index contributed by atoms with van der Waals surface area (Å²) in [6.45, 7) is 1.46. The Morgan fingerprint density at radius 1 is 1.58 bits per heavy atom. The van der Waals surface area contributed by atoms with Crippen molar-refractivity contribution in [1.29, 1.82) is 5.26 Å². The summed E-state index contributed by atoms with van der Waals surface area (Å²) in [4.78, 5) is 11.1. The zero-order chi connectivity index (χ0) is 13.6. The number of carbonyl (C=O) groups excluding carboxylic acids is 1. The number of hydrogen-bond donors (Lipinski definition) is 1. The Morgan fingerprint density at radius 3 is 2.89 bits per heavy atom. The van der Waals surface area contributed by atoms with Crippen molar-refractivity contribution in [2.24, 2.45) is 0 Å². The largest absolute Gasteiger partial charge is 0.309 e. The van der Waals surface area contributed by atoms with Crippen molar-refractivity contribution in [2.45, 2.75) is 25.2 Å². The smallest absolute Gasteiger partial charge is 0.222 e. The lowest BCUT2D eigenvalue weighted by Gasteiger charge is -2.05. The van der Waals surface area contributed by atoms with Gasteiger partial charge in [-0.25, -0.2) is 4.52 Å². The highest BCUT2D eigenvalue weighted by Gasteiger charge is 2.45. The molecule has 0 radical (unpaired) electrons. The predicted molar refractivity (Wildman–Crippen MR) is 78.7 cm³/mol. The molecule has 0 saturated heterocycles. The van der Waals surface area contributed by atoms with Crippen molar-refractivity contribution < 1.29 is 4.79 Å². The van der Waals surface area contributed by atoms with E-state index in [1.54, 1.807) is 4.52 Å². The lowest BCUT2D eigenvalue weighted by atomic mass is 10.00. The van der Waals surface area contributed by atoms with E-state index >= 15 is 0 Å². The second kappa shape index (κ2) is 4.20. The number of halogens is 1. The SMILES string of the molecule is CC(=O)Nc1nn2cc(C3(C#N)CC3)ccc2c1I. The van der Waals surface area contributed by atoms with Gasteiger partial charge in [-0.3, -0.25) is 4.79 Å². The molecule has 0 bridgehead atoms. The van der Waals surface area contributed by atoms with E-state index in [2.05, 4.69) is 39.1 Å². The van der Waals surface area contributed by atoms with Gasteiger partial charge in [0.05, 0.1) is 20.6 Å². The fraction of sp³-hybridized carbons (Fsp3) is 0.308.